The Balaban J connectivity index is 2.09. The van der Waals surface area contributed by atoms with E-state index in [4.69, 9.17) is 11.6 Å². The molecule has 3 rings (SSSR count). The van der Waals surface area contributed by atoms with E-state index >= 15 is 0 Å². The van der Waals surface area contributed by atoms with Crippen LogP contribution < -0.4 is 0 Å². The molecule has 0 radical (unpaired) electrons. The molecule has 0 atom stereocenters. The first-order valence-corrected chi connectivity index (χ1v) is 7.17. The Morgan fingerprint density at radius 2 is 1.77 bits per heavy atom. The number of hydrogen-bond acceptors (Lipinski definition) is 3. The second-order valence-electron chi connectivity index (χ2n) is 5.14. The molecule has 0 aliphatic carbocycles. The van der Waals surface area contributed by atoms with Crippen LogP contribution in [0.2, 0.25) is 5.15 Å². The SMILES string of the molecule is CN(C)C(=O)c1ccc(-c2cccc3c(Cl)ncnc23)cc1. The van der Waals surface area contributed by atoms with E-state index in [0.717, 1.165) is 22.0 Å². The summed E-state index contributed by atoms with van der Waals surface area (Å²) in [4.78, 5) is 21.8. The molecule has 0 unspecified atom stereocenters. The van der Waals surface area contributed by atoms with Crippen molar-refractivity contribution in [2.45, 2.75) is 0 Å². The standard InChI is InChI=1S/C17H14ClN3O/c1-21(2)17(22)12-8-6-11(7-9-12)13-4-3-5-14-15(13)19-10-20-16(14)18/h3-10H,1-2H3. The average molecular weight is 312 g/mol. The molecule has 1 heterocycles. The lowest BCUT2D eigenvalue weighted by Crippen LogP contribution is -2.21. The number of fused-ring (bicyclic) bond motifs is 1. The predicted molar refractivity (Wildman–Crippen MR) is 88.0 cm³/mol. The van der Waals surface area contributed by atoms with Crippen LogP contribution in [0.25, 0.3) is 22.0 Å². The summed E-state index contributed by atoms with van der Waals surface area (Å²) < 4.78 is 0. The molecule has 0 aliphatic heterocycles. The van der Waals surface area contributed by atoms with E-state index in [1.54, 1.807) is 19.0 Å². The van der Waals surface area contributed by atoms with Gasteiger partial charge in [-0.05, 0) is 23.8 Å². The van der Waals surface area contributed by atoms with Crippen molar-refractivity contribution in [1.29, 1.82) is 0 Å². The number of hydrogen-bond donors (Lipinski definition) is 0. The average Bonchev–Trinajstić information content (AvgIpc) is 2.54. The highest BCUT2D eigenvalue weighted by molar-refractivity contribution is 6.34. The van der Waals surface area contributed by atoms with Gasteiger partial charge in [-0.2, -0.15) is 0 Å². The summed E-state index contributed by atoms with van der Waals surface area (Å²) in [6.45, 7) is 0. The van der Waals surface area contributed by atoms with E-state index in [0.29, 0.717) is 10.7 Å². The number of rotatable bonds is 2. The highest BCUT2D eigenvalue weighted by Gasteiger charge is 2.10. The van der Waals surface area contributed by atoms with E-state index < -0.39 is 0 Å². The second kappa shape index (κ2) is 5.73. The molecule has 3 aromatic rings. The van der Waals surface area contributed by atoms with Crippen LogP contribution in [0.5, 0.6) is 0 Å². The number of nitrogens with zero attached hydrogens (tertiary/aromatic N) is 3. The molecule has 4 nitrogen and oxygen atoms in total. The Kier molecular flexibility index (Phi) is 3.77. The van der Waals surface area contributed by atoms with Gasteiger partial charge in [-0.25, -0.2) is 9.97 Å². The molecular weight excluding hydrogens is 298 g/mol. The highest BCUT2D eigenvalue weighted by atomic mass is 35.5. The minimum absolute atomic E-state index is 0.0187. The number of carbonyl (C=O) groups excluding carboxylic acids is 1. The lowest BCUT2D eigenvalue weighted by atomic mass is 10.0. The van der Waals surface area contributed by atoms with Crippen LogP contribution in [0, 0.1) is 0 Å². The maximum atomic E-state index is 11.9. The van der Waals surface area contributed by atoms with Crippen LogP contribution in [0.4, 0.5) is 0 Å². The van der Waals surface area contributed by atoms with Crippen LogP contribution in [0.15, 0.2) is 48.8 Å². The van der Waals surface area contributed by atoms with Crippen molar-refractivity contribution in [2.75, 3.05) is 14.1 Å². The fourth-order valence-corrected chi connectivity index (χ4v) is 2.54. The fourth-order valence-electron chi connectivity index (χ4n) is 2.34. The molecular formula is C17H14ClN3O. The first-order valence-electron chi connectivity index (χ1n) is 6.79. The molecule has 1 aromatic heterocycles. The zero-order chi connectivity index (χ0) is 15.7. The maximum absolute atomic E-state index is 11.9. The third-order valence-corrected chi connectivity index (χ3v) is 3.77. The molecule has 0 fully saturated rings. The zero-order valence-electron chi connectivity index (χ0n) is 12.2. The summed E-state index contributed by atoms with van der Waals surface area (Å²) in [5.74, 6) is -0.0187. The molecule has 0 spiro atoms. The number of carbonyl (C=O) groups is 1. The monoisotopic (exact) mass is 311 g/mol. The number of aromatic nitrogens is 2. The van der Waals surface area contributed by atoms with Crippen LogP contribution in [-0.2, 0) is 0 Å². The molecule has 0 N–H and O–H groups in total. The molecule has 2 aromatic carbocycles. The molecule has 22 heavy (non-hydrogen) atoms. The van der Waals surface area contributed by atoms with Crippen molar-refractivity contribution >= 4 is 28.4 Å². The first-order chi connectivity index (χ1) is 10.6. The quantitative estimate of drug-likeness (QED) is 0.679. The Morgan fingerprint density at radius 1 is 1.05 bits per heavy atom. The minimum Gasteiger partial charge on any atom is -0.345 e. The van der Waals surface area contributed by atoms with Gasteiger partial charge in [0.1, 0.15) is 11.5 Å². The number of amides is 1. The van der Waals surface area contributed by atoms with Crippen molar-refractivity contribution in [1.82, 2.24) is 14.9 Å². The number of halogens is 1. The first kappa shape index (κ1) is 14.5. The van der Waals surface area contributed by atoms with Crippen LogP contribution in [0.1, 0.15) is 10.4 Å². The lowest BCUT2D eigenvalue weighted by Gasteiger charge is -2.11. The Morgan fingerprint density at radius 3 is 2.45 bits per heavy atom. The van der Waals surface area contributed by atoms with E-state index in [9.17, 15) is 4.79 Å². The number of para-hydroxylation sites is 1. The van der Waals surface area contributed by atoms with Crippen LogP contribution in [0.3, 0.4) is 0 Å². The molecule has 0 saturated heterocycles. The van der Waals surface area contributed by atoms with Gasteiger partial charge in [-0.15, -0.1) is 0 Å². The van der Waals surface area contributed by atoms with E-state index in [-0.39, 0.29) is 5.91 Å². The molecule has 0 aliphatic rings. The second-order valence-corrected chi connectivity index (χ2v) is 5.50. The number of benzene rings is 2. The van der Waals surface area contributed by atoms with E-state index in [1.807, 2.05) is 42.5 Å². The summed E-state index contributed by atoms with van der Waals surface area (Å²) >= 11 is 6.12. The minimum atomic E-state index is -0.0187. The summed E-state index contributed by atoms with van der Waals surface area (Å²) in [5.41, 5.74) is 3.40. The summed E-state index contributed by atoms with van der Waals surface area (Å²) in [7, 11) is 3.47. The smallest absolute Gasteiger partial charge is 0.253 e. The highest BCUT2D eigenvalue weighted by Crippen LogP contribution is 2.29. The third kappa shape index (κ3) is 2.53. The lowest BCUT2D eigenvalue weighted by molar-refractivity contribution is 0.0827. The molecule has 0 saturated carbocycles. The van der Waals surface area contributed by atoms with Gasteiger partial charge in [-0.1, -0.05) is 35.9 Å². The maximum Gasteiger partial charge on any atom is 0.253 e. The van der Waals surface area contributed by atoms with Crippen LogP contribution >= 0.6 is 11.6 Å². The molecule has 1 amide bonds. The van der Waals surface area contributed by atoms with Gasteiger partial charge in [0.25, 0.3) is 5.91 Å². The largest absolute Gasteiger partial charge is 0.345 e. The Bertz CT molecular complexity index is 844. The molecule has 0 bridgehead atoms. The third-order valence-electron chi connectivity index (χ3n) is 3.47. The van der Waals surface area contributed by atoms with Crippen molar-refractivity contribution < 1.29 is 4.79 Å². The topological polar surface area (TPSA) is 46.1 Å². The normalized spacial score (nSPS) is 10.7. The fraction of sp³-hybridized carbons (Fsp3) is 0.118. The Labute approximate surface area is 133 Å². The van der Waals surface area contributed by atoms with Crippen molar-refractivity contribution in [3.05, 3.63) is 59.5 Å². The van der Waals surface area contributed by atoms with Crippen molar-refractivity contribution in [3.63, 3.8) is 0 Å². The summed E-state index contributed by atoms with van der Waals surface area (Å²) in [5, 5.41) is 1.25. The predicted octanol–water partition coefficient (Wildman–Crippen LogP) is 3.65. The van der Waals surface area contributed by atoms with E-state index in [2.05, 4.69) is 9.97 Å². The van der Waals surface area contributed by atoms with Crippen LogP contribution in [-0.4, -0.2) is 34.9 Å². The van der Waals surface area contributed by atoms with Gasteiger partial charge in [0, 0.05) is 30.6 Å². The van der Waals surface area contributed by atoms with Crippen molar-refractivity contribution in [2.24, 2.45) is 0 Å². The molecule has 5 heteroatoms. The summed E-state index contributed by atoms with van der Waals surface area (Å²) in [6, 6.07) is 13.3. The summed E-state index contributed by atoms with van der Waals surface area (Å²) in [6.07, 6.45) is 1.46. The van der Waals surface area contributed by atoms with Gasteiger partial charge in [-0.3, -0.25) is 4.79 Å². The van der Waals surface area contributed by atoms with Gasteiger partial charge in [0.15, 0.2) is 0 Å². The van der Waals surface area contributed by atoms with Gasteiger partial charge < -0.3 is 4.90 Å². The molecule has 110 valence electrons. The van der Waals surface area contributed by atoms with E-state index in [1.165, 1.54) is 6.33 Å². The van der Waals surface area contributed by atoms with Crippen molar-refractivity contribution in [3.8, 4) is 11.1 Å². The Hall–Kier alpha value is -2.46. The van der Waals surface area contributed by atoms with Gasteiger partial charge in [0.05, 0.1) is 5.52 Å². The zero-order valence-corrected chi connectivity index (χ0v) is 13.0. The van der Waals surface area contributed by atoms with Gasteiger partial charge >= 0.3 is 0 Å². The van der Waals surface area contributed by atoms with Gasteiger partial charge in [0.2, 0.25) is 0 Å².